The molecule has 0 atom stereocenters. The number of carbonyl (C=O) groups excluding carboxylic acids is 1. The average molecular weight is 287 g/mol. The zero-order valence-electron chi connectivity index (χ0n) is 11.5. The van der Waals surface area contributed by atoms with Crippen molar-refractivity contribution in [2.75, 3.05) is 5.73 Å². The Labute approximate surface area is 122 Å². The van der Waals surface area contributed by atoms with Crippen molar-refractivity contribution in [1.82, 2.24) is 4.98 Å². The van der Waals surface area contributed by atoms with E-state index in [9.17, 15) is 4.79 Å². The number of primary amides is 1. The molecule has 0 unspecified atom stereocenters. The fraction of sp³-hybridized carbons (Fsp3) is 0.200. The van der Waals surface area contributed by atoms with Crippen LogP contribution in [0, 0.1) is 13.8 Å². The number of aromatic nitrogens is 1. The summed E-state index contributed by atoms with van der Waals surface area (Å²) in [4.78, 5) is 15.6. The normalized spacial score (nSPS) is 10.5. The van der Waals surface area contributed by atoms with Gasteiger partial charge in [0, 0.05) is 5.75 Å². The number of carbonyl (C=O) groups is 1. The largest absolute Gasteiger partial charge is 0.397 e. The fourth-order valence-electron chi connectivity index (χ4n) is 2.06. The number of nitrogens with two attached hydrogens (primary N) is 2. The van der Waals surface area contributed by atoms with Crippen LogP contribution in [-0.2, 0) is 5.75 Å². The van der Waals surface area contributed by atoms with Crippen molar-refractivity contribution in [1.29, 1.82) is 0 Å². The molecule has 0 saturated heterocycles. The third-order valence-electron chi connectivity index (χ3n) is 2.79. The van der Waals surface area contributed by atoms with Gasteiger partial charge in [-0.25, -0.2) is 4.98 Å². The van der Waals surface area contributed by atoms with Crippen LogP contribution in [0.3, 0.4) is 0 Å². The summed E-state index contributed by atoms with van der Waals surface area (Å²) in [6.07, 6.45) is 1.54. The minimum atomic E-state index is -0.507. The lowest BCUT2D eigenvalue weighted by Gasteiger charge is -2.08. The number of aryl methyl sites for hydroxylation is 2. The van der Waals surface area contributed by atoms with Crippen molar-refractivity contribution < 1.29 is 4.79 Å². The molecule has 0 bridgehead atoms. The van der Waals surface area contributed by atoms with Crippen molar-refractivity contribution in [3.8, 4) is 0 Å². The maximum Gasteiger partial charge on any atom is 0.251 e. The van der Waals surface area contributed by atoms with E-state index in [0.717, 1.165) is 5.75 Å². The molecule has 0 aliphatic carbocycles. The molecule has 1 aromatic heterocycles. The van der Waals surface area contributed by atoms with Gasteiger partial charge in [-0.2, -0.15) is 0 Å². The van der Waals surface area contributed by atoms with E-state index in [1.54, 1.807) is 6.07 Å². The Morgan fingerprint density at radius 1 is 1.20 bits per heavy atom. The number of amides is 1. The summed E-state index contributed by atoms with van der Waals surface area (Å²) < 4.78 is 0. The predicted molar refractivity (Wildman–Crippen MR) is 82.6 cm³/mol. The summed E-state index contributed by atoms with van der Waals surface area (Å²) in [6.45, 7) is 4.13. The highest BCUT2D eigenvalue weighted by atomic mass is 32.2. The summed E-state index contributed by atoms with van der Waals surface area (Å²) >= 11 is 1.49. The SMILES string of the molecule is Cc1cc(C)cc(CSc2ncc(N)cc2C(N)=O)c1. The standard InChI is InChI=1S/C15H17N3OS/c1-9-3-10(2)5-11(4-9)8-20-15-13(14(17)19)6-12(16)7-18-15/h3-7H,8,16H2,1-2H3,(H2,17,19). The molecule has 0 aliphatic heterocycles. The molecule has 4 N–H and O–H groups in total. The summed E-state index contributed by atoms with van der Waals surface area (Å²) in [5.41, 5.74) is 15.4. The first-order valence-corrected chi connectivity index (χ1v) is 7.19. The van der Waals surface area contributed by atoms with Gasteiger partial charge in [0.15, 0.2) is 0 Å². The lowest BCUT2D eigenvalue weighted by atomic mass is 10.1. The van der Waals surface area contributed by atoms with Gasteiger partial charge in [-0.1, -0.05) is 29.3 Å². The summed E-state index contributed by atoms with van der Waals surface area (Å²) in [6, 6.07) is 7.95. The predicted octanol–water partition coefficient (Wildman–Crippen LogP) is 2.67. The van der Waals surface area contributed by atoms with E-state index < -0.39 is 5.91 Å². The number of pyridine rings is 1. The van der Waals surface area contributed by atoms with E-state index in [4.69, 9.17) is 11.5 Å². The van der Waals surface area contributed by atoms with E-state index in [-0.39, 0.29) is 0 Å². The smallest absolute Gasteiger partial charge is 0.251 e. The first kappa shape index (κ1) is 14.4. The number of hydrogen-bond acceptors (Lipinski definition) is 4. The van der Waals surface area contributed by atoms with Crippen molar-refractivity contribution in [3.05, 3.63) is 52.7 Å². The number of benzene rings is 1. The number of anilines is 1. The fourth-order valence-corrected chi connectivity index (χ4v) is 2.98. The van der Waals surface area contributed by atoms with Crippen LogP contribution in [0.5, 0.6) is 0 Å². The minimum Gasteiger partial charge on any atom is -0.397 e. The first-order chi connectivity index (χ1) is 9.45. The second-order valence-electron chi connectivity index (χ2n) is 4.77. The molecule has 0 aliphatic rings. The lowest BCUT2D eigenvalue weighted by Crippen LogP contribution is -2.13. The molecule has 2 rings (SSSR count). The highest BCUT2D eigenvalue weighted by Gasteiger charge is 2.11. The maximum atomic E-state index is 11.4. The molecule has 5 heteroatoms. The van der Waals surface area contributed by atoms with Crippen molar-refractivity contribution in [2.45, 2.75) is 24.6 Å². The van der Waals surface area contributed by atoms with Crippen LogP contribution in [-0.4, -0.2) is 10.9 Å². The number of nitrogens with zero attached hydrogens (tertiary/aromatic N) is 1. The highest BCUT2D eigenvalue weighted by molar-refractivity contribution is 7.98. The summed E-state index contributed by atoms with van der Waals surface area (Å²) in [5, 5.41) is 0.617. The van der Waals surface area contributed by atoms with Gasteiger partial charge in [0.2, 0.25) is 0 Å². The van der Waals surface area contributed by atoms with Crippen LogP contribution >= 0.6 is 11.8 Å². The molecule has 1 heterocycles. The van der Waals surface area contributed by atoms with Crippen LogP contribution in [0.1, 0.15) is 27.0 Å². The quantitative estimate of drug-likeness (QED) is 0.847. The molecule has 1 aromatic carbocycles. The molecule has 1 amide bonds. The molecule has 0 saturated carbocycles. The molecule has 4 nitrogen and oxygen atoms in total. The van der Waals surface area contributed by atoms with Gasteiger partial charge in [-0.3, -0.25) is 4.79 Å². The van der Waals surface area contributed by atoms with Crippen molar-refractivity contribution in [3.63, 3.8) is 0 Å². The minimum absolute atomic E-state index is 0.374. The monoisotopic (exact) mass is 287 g/mol. The van der Waals surface area contributed by atoms with Gasteiger partial charge in [0.05, 0.1) is 17.4 Å². The van der Waals surface area contributed by atoms with Crippen LogP contribution < -0.4 is 11.5 Å². The summed E-state index contributed by atoms with van der Waals surface area (Å²) in [5.74, 6) is 0.229. The Kier molecular flexibility index (Phi) is 4.29. The van der Waals surface area contributed by atoms with Crippen LogP contribution in [0.25, 0.3) is 0 Å². The first-order valence-electron chi connectivity index (χ1n) is 6.21. The average Bonchev–Trinajstić information content (AvgIpc) is 2.36. The Morgan fingerprint density at radius 3 is 2.45 bits per heavy atom. The number of nitrogen functional groups attached to an aromatic ring is 1. The van der Waals surface area contributed by atoms with Crippen LogP contribution in [0.4, 0.5) is 5.69 Å². The van der Waals surface area contributed by atoms with Gasteiger partial charge >= 0.3 is 0 Å². The highest BCUT2D eigenvalue weighted by Crippen LogP contribution is 2.26. The van der Waals surface area contributed by atoms with Gasteiger partial charge in [0.25, 0.3) is 5.91 Å². The van der Waals surface area contributed by atoms with Crippen molar-refractivity contribution >= 4 is 23.4 Å². The molecule has 104 valence electrons. The Morgan fingerprint density at radius 2 is 1.85 bits per heavy atom. The maximum absolute atomic E-state index is 11.4. The lowest BCUT2D eigenvalue weighted by molar-refractivity contribution is 0.0997. The molecule has 0 spiro atoms. The Balaban J connectivity index is 2.20. The van der Waals surface area contributed by atoms with E-state index in [1.165, 1.54) is 34.6 Å². The van der Waals surface area contributed by atoms with Crippen LogP contribution in [0.2, 0.25) is 0 Å². The molecular weight excluding hydrogens is 270 g/mol. The molecule has 20 heavy (non-hydrogen) atoms. The van der Waals surface area contributed by atoms with Crippen molar-refractivity contribution in [2.24, 2.45) is 5.73 Å². The second-order valence-corrected chi connectivity index (χ2v) is 5.73. The third-order valence-corrected chi connectivity index (χ3v) is 3.87. The number of rotatable bonds is 4. The van der Waals surface area contributed by atoms with E-state index in [2.05, 4.69) is 37.0 Å². The van der Waals surface area contributed by atoms with Gasteiger partial charge in [0.1, 0.15) is 5.03 Å². The van der Waals surface area contributed by atoms with Crippen LogP contribution in [0.15, 0.2) is 35.5 Å². The Bertz CT molecular complexity index is 635. The zero-order chi connectivity index (χ0) is 14.7. The van der Waals surface area contributed by atoms with Gasteiger partial charge in [-0.05, 0) is 25.5 Å². The molecule has 0 radical (unpaired) electrons. The van der Waals surface area contributed by atoms with Gasteiger partial charge < -0.3 is 11.5 Å². The zero-order valence-corrected chi connectivity index (χ0v) is 12.3. The molecular formula is C15H17N3OS. The molecule has 2 aromatic rings. The topological polar surface area (TPSA) is 82.0 Å². The van der Waals surface area contributed by atoms with E-state index >= 15 is 0 Å². The molecule has 0 fully saturated rings. The third kappa shape index (κ3) is 3.51. The number of thioether (sulfide) groups is 1. The van der Waals surface area contributed by atoms with E-state index in [0.29, 0.717) is 16.3 Å². The Hall–Kier alpha value is -2.01. The van der Waals surface area contributed by atoms with Gasteiger partial charge in [-0.15, -0.1) is 11.8 Å². The number of hydrogen-bond donors (Lipinski definition) is 2. The summed E-state index contributed by atoms with van der Waals surface area (Å²) in [7, 11) is 0. The van der Waals surface area contributed by atoms with E-state index in [1.807, 2.05) is 0 Å². The second kappa shape index (κ2) is 5.96.